The first-order valence-corrected chi connectivity index (χ1v) is 8.15. The van der Waals surface area contributed by atoms with E-state index in [4.69, 9.17) is 4.74 Å². The minimum Gasteiger partial charge on any atom is -0.496 e. The van der Waals surface area contributed by atoms with Crippen LogP contribution in [0.15, 0.2) is 53.1 Å². The van der Waals surface area contributed by atoms with Gasteiger partial charge < -0.3 is 15.0 Å². The van der Waals surface area contributed by atoms with E-state index in [1.807, 2.05) is 6.07 Å². The number of nitrogens with one attached hydrogen (secondary N) is 2. The molecule has 22 heavy (non-hydrogen) atoms. The number of fused-ring (bicyclic) bond motifs is 1. The summed E-state index contributed by atoms with van der Waals surface area (Å²) >= 11 is 3.52. The van der Waals surface area contributed by atoms with Crippen LogP contribution in [-0.4, -0.2) is 18.6 Å². The largest absolute Gasteiger partial charge is 0.496 e. The summed E-state index contributed by atoms with van der Waals surface area (Å²) in [4.78, 5) is 3.32. The lowest BCUT2D eigenvalue weighted by Crippen LogP contribution is -2.16. The summed E-state index contributed by atoms with van der Waals surface area (Å²) in [5, 5.41) is 4.81. The number of aromatic amines is 1. The Hall–Kier alpha value is -1.78. The zero-order valence-electron chi connectivity index (χ0n) is 12.5. The molecule has 0 aliphatic rings. The highest BCUT2D eigenvalue weighted by molar-refractivity contribution is 9.10. The van der Waals surface area contributed by atoms with Gasteiger partial charge in [0.05, 0.1) is 11.6 Å². The lowest BCUT2D eigenvalue weighted by Gasteiger charge is -2.08. The summed E-state index contributed by atoms with van der Waals surface area (Å²) < 4.78 is 6.24. The molecule has 0 saturated heterocycles. The van der Waals surface area contributed by atoms with Gasteiger partial charge in [-0.2, -0.15) is 0 Å². The Morgan fingerprint density at radius 1 is 1.18 bits per heavy atom. The van der Waals surface area contributed by atoms with E-state index in [0.717, 1.165) is 29.7 Å². The van der Waals surface area contributed by atoms with E-state index >= 15 is 0 Å². The van der Waals surface area contributed by atoms with Crippen molar-refractivity contribution in [2.75, 3.05) is 13.7 Å². The number of ether oxygens (including phenoxy) is 1. The first-order chi connectivity index (χ1) is 10.8. The number of halogens is 1. The number of aromatic nitrogens is 1. The Morgan fingerprint density at radius 3 is 2.86 bits per heavy atom. The Bertz CT molecular complexity index is 767. The van der Waals surface area contributed by atoms with Crippen LogP contribution in [0.1, 0.15) is 11.1 Å². The van der Waals surface area contributed by atoms with Crippen LogP contribution in [0, 0.1) is 0 Å². The van der Waals surface area contributed by atoms with Crippen molar-refractivity contribution in [3.8, 4) is 5.75 Å². The number of methoxy groups -OCH3 is 1. The molecule has 4 heteroatoms. The molecule has 2 N–H and O–H groups in total. The standard InChI is InChI=1S/C18H19BrN2O/c1-22-18-7-6-13(10-16(18)19)11-20-9-8-14-12-21-17-5-3-2-4-15(14)17/h2-7,10,12,20-21H,8-9,11H2,1H3. The number of para-hydroxylation sites is 1. The average molecular weight is 359 g/mol. The molecular formula is C18H19BrN2O. The Kier molecular flexibility index (Phi) is 4.80. The molecule has 2 aromatic carbocycles. The van der Waals surface area contributed by atoms with Gasteiger partial charge in [-0.1, -0.05) is 24.3 Å². The van der Waals surface area contributed by atoms with Crippen LogP contribution in [0.4, 0.5) is 0 Å². The van der Waals surface area contributed by atoms with Crippen molar-refractivity contribution >= 4 is 26.8 Å². The summed E-state index contributed by atoms with van der Waals surface area (Å²) in [6.45, 7) is 1.80. The molecule has 114 valence electrons. The van der Waals surface area contributed by atoms with Crippen LogP contribution in [0.2, 0.25) is 0 Å². The number of H-pyrrole nitrogens is 1. The average Bonchev–Trinajstić information content (AvgIpc) is 2.95. The van der Waals surface area contributed by atoms with E-state index in [9.17, 15) is 0 Å². The van der Waals surface area contributed by atoms with Crippen LogP contribution in [0.25, 0.3) is 10.9 Å². The summed E-state index contributed by atoms with van der Waals surface area (Å²) in [5.74, 6) is 0.863. The van der Waals surface area contributed by atoms with Gasteiger partial charge in [0.25, 0.3) is 0 Å². The minimum absolute atomic E-state index is 0.852. The Labute approximate surface area is 138 Å². The molecule has 3 nitrogen and oxygen atoms in total. The maximum Gasteiger partial charge on any atom is 0.133 e. The predicted octanol–water partition coefficient (Wildman–Crippen LogP) is 4.27. The maximum atomic E-state index is 5.24. The lowest BCUT2D eigenvalue weighted by atomic mass is 10.1. The highest BCUT2D eigenvalue weighted by Gasteiger charge is 2.03. The van der Waals surface area contributed by atoms with Crippen molar-refractivity contribution < 1.29 is 4.74 Å². The second kappa shape index (κ2) is 6.99. The minimum atomic E-state index is 0.852. The van der Waals surface area contributed by atoms with E-state index < -0.39 is 0 Å². The summed E-state index contributed by atoms with van der Waals surface area (Å²) in [6.07, 6.45) is 3.12. The molecule has 0 saturated carbocycles. The Morgan fingerprint density at radius 2 is 2.05 bits per heavy atom. The molecule has 3 rings (SSSR count). The van der Waals surface area contributed by atoms with Gasteiger partial charge in [0.2, 0.25) is 0 Å². The molecule has 0 atom stereocenters. The molecular weight excluding hydrogens is 340 g/mol. The smallest absolute Gasteiger partial charge is 0.133 e. The van der Waals surface area contributed by atoms with Gasteiger partial charge in [-0.25, -0.2) is 0 Å². The highest BCUT2D eigenvalue weighted by atomic mass is 79.9. The zero-order valence-corrected chi connectivity index (χ0v) is 14.1. The van der Waals surface area contributed by atoms with E-state index in [2.05, 4.69) is 68.8 Å². The van der Waals surface area contributed by atoms with Gasteiger partial charge in [0.15, 0.2) is 0 Å². The van der Waals surface area contributed by atoms with Gasteiger partial charge in [-0.3, -0.25) is 0 Å². The fourth-order valence-electron chi connectivity index (χ4n) is 2.61. The van der Waals surface area contributed by atoms with Gasteiger partial charge in [0.1, 0.15) is 5.75 Å². The van der Waals surface area contributed by atoms with Gasteiger partial charge in [-0.05, 0) is 58.2 Å². The third-order valence-electron chi connectivity index (χ3n) is 3.79. The molecule has 0 spiro atoms. The molecule has 0 aliphatic heterocycles. The normalized spacial score (nSPS) is 11.0. The molecule has 3 aromatic rings. The third-order valence-corrected chi connectivity index (χ3v) is 4.41. The topological polar surface area (TPSA) is 37.0 Å². The van der Waals surface area contributed by atoms with Crippen LogP contribution in [0.5, 0.6) is 5.75 Å². The van der Waals surface area contributed by atoms with Crippen LogP contribution < -0.4 is 10.1 Å². The highest BCUT2D eigenvalue weighted by Crippen LogP contribution is 2.25. The summed E-state index contributed by atoms with van der Waals surface area (Å²) in [7, 11) is 1.68. The molecule has 0 amide bonds. The number of hydrogen-bond donors (Lipinski definition) is 2. The maximum absolute atomic E-state index is 5.24. The van der Waals surface area contributed by atoms with E-state index in [-0.39, 0.29) is 0 Å². The molecule has 0 radical (unpaired) electrons. The molecule has 0 bridgehead atoms. The van der Waals surface area contributed by atoms with Crippen LogP contribution >= 0.6 is 15.9 Å². The first kappa shape index (κ1) is 15.1. The van der Waals surface area contributed by atoms with E-state index in [1.54, 1.807) is 7.11 Å². The lowest BCUT2D eigenvalue weighted by molar-refractivity contribution is 0.412. The third kappa shape index (κ3) is 3.34. The predicted molar refractivity (Wildman–Crippen MR) is 94.4 cm³/mol. The fourth-order valence-corrected chi connectivity index (χ4v) is 3.20. The Balaban J connectivity index is 1.54. The molecule has 0 unspecified atom stereocenters. The van der Waals surface area contributed by atoms with Crippen molar-refractivity contribution in [2.45, 2.75) is 13.0 Å². The first-order valence-electron chi connectivity index (χ1n) is 7.36. The van der Waals surface area contributed by atoms with Crippen molar-refractivity contribution in [3.05, 3.63) is 64.3 Å². The quantitative estimate of drug-likeness (QED) is 0.645. The fraction of sp³-hybridized carbons (Fsp3) is 0.222. The van der Waals surface area contributed by atoms with Gasteiger partial charge >= 0.3 is 0 Å². The zero-order chi connectivity index (χ0) is 15.4. The van der Waals surface area contributed by atoms with Crippen LogP contribution in [0.3, 0.4) is 0 Å². The molecule has 1 aromatic heterocycles. The van der Waals surface area contributed by atoms with Crippen LogP contribution in [-0.2, 0) is 13.0 Å². The second-order valence-corrected chi connectivity index (χ2v) is 6.11. The van der Waals surface area contributed by atoms with E-state index in [1.165, 1.54) is 22.0 Å². The molecule has 0 fully saturated rings. The number of benzene rings is 2. The van der Waals surface area contributed by atoms with Crippen molar-refractivity contribution in [3.63, 3.8) is 0 Å². The summed E-state index contributed by atoms with van der Waals surface area (Å²) in [5.41, 5.74) is 3.81. The SMILES string of the molecule is COc1ccc(CNCCc2c[nH]c3ccccc23)cc1Br. The monoisotopic (exact) mass is 358 g/mol. The van der Waals surface area contributed by atoms with Crippen molar-refractivity contribution in [1.82, 2.24) is 10.3 Å². The van der Waals surface area contributed by atoms with Crippen molar-refractivity contribution in [1.29, 1.82) is 0 Å². The number of rotatable bonds is 6. The van der Waals surface area contributed by atoms with Gasteiger partial charge in [-0.15, -0.1) is 0 Å². The van der Waals surface area contributed by atoms with Gasteiger partial charge in [0, 0.05) is 23.6 Å². The molecule has 1 heterocycles. The molecule has 0 aliphatic carbocycles. The second-order valence-electron chi connectivity index (χ2n) is 5.26. The summed E-state index contributed by atoms with van der Waals surface area (Å²) in [6, 6.07) is 14.6. The number of hydrogen-bond acceptors (Lipinski definition) is 2. The van der Waals surface area contributed by atoms with E-state index in [0.29, 0.717) is 0 Å². The van der Waals surface area contributed by atoms with Crippen molar-refractivity contribution in [2.24, 2.45) is 0 Å².